The van der Waals surface area contributed by atoms with Crippen molar-refractivity contribution < 1.29 is 24.6 Å². The summed E-state index contributed by atoms with van der Waals surface area (Å²) in [5, 5.41) is 15.8. The van der Waals surface area contributed by atoms with E-state index in [-0.39, 0.29) is 25.2 Å². The predicted molar refractivity (Wildman–Crippen MR) is 239 cm³/mol. The first-order valence-corrected chi connectivity index (χ1v) is 41.0. The van der Waals surface area contributed by atoms with Crippen LogP contribution in [0.3, 0.4) is 0 Å². The van der Waals surface area contributed by atoms with Crippen molar-refractivity contribution in [3.05, 3.63) is 65.0 Å². The first-order chi connectivity index (χ1) is 21.0. The van der Waals surface area contributed by atoms with Crippen LogP contribution in [0, 0.1) is 0 Å². The zero-order chi connectivity index (χ0) is 36.8. The van der Waals surface area contributed by atoms with Crippen LogP contribution in [0.15, 0.2) is 48.3 Å². The van der Waals surface area contributed by atoms with Crippen molar-refractivity contribution in [2.24, 2.45) is 0 Å². The van der Waals surface area contributed by atoms with Crippen molar-refractivity contribution in [2.45, 2.75) is 166 Å². The van der Waals surface area contributed by atoms with Gasteiger partial charge in [-0.3, -0.25) is 0 Å². The maximum absolute atomic E-state index is 12.0. The van der Waals surface area contributed by atoms with Crippen molar-refractivity contribution in [1.82, 2.24) is 0 Å². The van der Waals surface area contributed by atoms with E-state index in [1.54, 1.807) is 28.9 Å². The summed E-state index contributed by atoms with van der Waals surface area (Å²) in [5.74, 6) is 2.38. The molecule has 1 atom stereocenters. The Morgan fingerprint density at radius 1 is 0.542 bits per heavy atom. The third kappa shape index (κ3) is 15.5. The van der Waals surface area contributed by atoms with E-state index in [1.165, 1.54) is 25.7 Å². The largest absolute Gasteiger partial charge is 0.876 e. The van der Waals surface area contributed by atoms with E-state index >= 15 is 0 Å². The van der Waals surface area contributed by atoms with Gasteiger partial charge in [-0.1, -0.05) is 161 Å². The molecule has 0 amide bonds. The molecule has 1 unspecified atom stereocenters. The summed E-state index contributed by atoms with van der Waals surface area (Å²) in [6.45, 7) is 48.8. The minimum Gasteiger partial charge on any atom is -0.876 e. The summed E-state index contributed by atoms with van der Waals surface area (Å²) in [4.78, 5) is 0. The van der Waals surface area contributed by atoms with Gasteiger partial charge in [-0.25, -0.2) is 0 Å². The first kappa shape index (κ1) is 48.3. The quantitative estimate of drug-likeness (QED) is 0.0941. The zero-order valence-corrected chi connectivity index (χ0v) is 43.6. The van der Waals surface area contributed by atoms with E-state index in [1.807, 2.05) is 6.08 Å². The molecule has 0 aliphatic heterocycles. The number of allylic oxidation sites excluding steroid dienone is 6. The Balaban J connectivity index is 0.00000213. The summed E-state index contributed by atoms with van der Waals surface area (Å²) in [6, 6.07) is 5.53. The molecule has 0 fully saturated rings. The van der Waals surface area contributed by atoms with Crippen molar-refractivity contribution in [1.29, 1.82) is 0 Å². The second-order valence-corrected chi connectivity index (χ2v) is 55.5. The SMILES string of the molecule is C/C([O-])=C/C=[PH+]/c1c(C([Si](C)(C)C)[Si](C)(C)C)cc(C([Si](C)(C)C)[Si](C)(C)C)cc1C([Si](C)(C)C)[Si](C)(C)C.C1=C\CC/C=C\CC/1.[Rh]. The van der Waals surface area contributed by atoms with Crippen LogP contribution < -0.4 is 10.4 Å². The van der Waals surface area contributed by atoms with Crippen LogP contribution in [0.1, 0.15) is 64.8 Å². The Kier molecular flexibility index (Phi) is 19.0. The summed E-state index contributed by atoms with van der Waals surface area (Å²) in [6.07, 6.45) is 15.8. The summed E-state index contributed by atoms with van der Waals surface area (Å²) < 4.78 is 0. The molecule has 1 radical (unpaired) electrons. The van der Waals surface area contributed by atoms with E-state index < -0.39 is 48.4 Å². The molecule has 2 rings (SSSR count). The fraction of sp³-hybridized carbons (Fsp3) is 0.667. The molecule has 1 aliphatic rings. The fourth-order valence-corrected chi connectivity index (χ4v) is 49.3. The molecule has 0 bridgehead atoms. The number of benzene rings is 1. The van der Waals surface area contributed by atoms with Crippen molar-refractivity contribution in [3.63, 3.8) is 0 Å². The molecule has 0 N–H and O–H groups in total. The third-order valence-corrected chi connectivity index (χ3v) is 38.3. The molecule has 1 aliphatic carbocycles. The van der Waals surface area contributed by atoms with E-state index in [0.29, 0.717) is 18.5 Å². The summed E-state index contributed by atoms with van der Waals surface area (Å²) in [5.41, 5.74) is 5.09. The second kappa shape index (κ2) is 18.9. The van der Waals surface area contributed by atoms with Gasteiger partial charge in [0.15, 0.2) is 5.30 Å². The molecule has 0 aromatic heterocycles. The van der Waals surface area contributed by atoms with Gasteiger partial charge >= 0.3 is 0 Å². The predicted octanol–water partition coefficient (Wildman–Crippen LogP) is 12.2. The van der Waals surface area contributed by atoms with Crippen molar-refractivity contribution in [2.75, 3.05) is 0 Å². The fourth-order valence-electron chi connectivity index (χ4n) is 9.36. The Morgan fingerprint density at radius 3 is 1.04 bits per heavy atom. The van der Waals surface area contributed by atoms with E-state index in [9.17, 15) is 5.11 Å². The Labute approximate surface area is 321 Å². The first-order valence-electron chi connectivity index (χ1n) is 18.4. The van der Waals surface area contributed by atoms with Gasteiger partial charge in [0.2, 0.25) is 0 Å². The third-order valence-electron chi connectivity index (χ3n) is 9.25. The number of rotatable bonds is 11. The van der Waals surface area contributed by atoms with Gasteiger partial charge in [0, 0.05) is 79.0 Å². The van der Waals surface area contributed by atoms with Crippen molar-refractivity contribution >= 4 is 67.7 Å². The van der Waals surface area contributed by atoms with Gasteiger partial charge in [-0.15, -0.1) is 5.76 Å². The molecule has 1 nitrogen and oxygen atoms in total. The minimum atomic E-state index is -1.53. The summed E-state index contributed by atoms with van der Waals surface area (Å²) >= 11 is 0. The van der Waals surface area contributed by atoms with Crippen LogP contribution in [-0.4, -0.2) is 54.2 Å². The van der Waals surface area contributed by atoms with Gasteiger partial charge in [-0.05, 0) is 52.8 Å². The zero-order valence-electron chi connectivity index (χ0n) is 34.9. The molecule has 0 heterocycles. The summed E-state index contributed by atoms with van der Waals surface area (Å²) in [7, 11) is -8.50. The van der Waals surface area contributed by atoms with E-state index in [0.717, 1.165) is 5.16 Å². The molecule has 0 spiro atoms. The van der Waals surface area contributed by atoms with Gasteiger partial charge < -0.3 is 5.11 Å². The average Bonchev–Trinajstić information content (AvgIpc) is 2.74. The molecule has 1 aromatic carbocycles. The van der Waals surface area contributed by atoms with Crippen molar-refractivity contribution in [3.8, 4) is 0 Å². The van der Waals surface area contributed by atoms with Crippen LogP contribution in [0.4, 0.5) is 0 Å². The maximum Gasteiger partial charge on any atom is 0.151 e. The molecule has 277 valence electrons. The molecule has 1 aromatic rings. The number of hydrogen-bond donors (Lipinski definition) is 0. The van der Waals surface area contributed by atoms with Crippen LogP contribution in [-0.2, 0) is 19.5 Å². The molecule has 9 heteroatoms. The Morgan fingerprint density at radius 2 is 0.812 bits per heavy atom. The van der Waals surface area contributed by atoms with Gasteiger partial charge in [-0.2, -0.15) is 0 Å². The second-order valence-electron chi connectivity index (χ2n) is 20.8. The molecule has 48 heavy (non-hydrogen) atoms. The standard InChI is InChI=1S/C31H65OPSi6.C8H12.Rh/c1-24(32)20-21-33-28-26(30(36(8,9)10)37(11,12)13)22-25(29(34(2,3)4)35(5,6)7)23-27(28)31(38(14,15)16)39(17,18)19;1-2-4-6-8-7-5-3-1;/h20-23,29-32H,1-19H3;1-2,7-8H,3-6H2;/b24-20-;2-1-,8-7-;. The molecular weight excluding hydrogens is 787 g/mol. The van der Waals surface area contributed by atoms with Crippen LogP contribution >= 0.6 is 8.20 Å². The van der Waals surface area contributed by atoms with Crippen LogP contribution in [0.2, 0.25) is 118 Å². The normalized spacial score (nSPS) is 17.2. The molecule has 0 saturated carbocycles. The average molecular weight is 864 g/mol. The smallest absolute Gasteiger partial charge is 0.151 e. The minimum absolute atomic E-state index is 0. The number of hydrogen-bond acceptors (Lipinski definition) is 1. The Hall–Kier alpha value is 0.335. The van der Waals surface area contributed by atoms with Gasteiger partial charge in [0.25, 0.3) is 0 Å². The van der Waals surface area contributed by atoms with Crippen LogP contribution in [0.5, 0.6) is 0 Å². The van der Waals surface area contributed by atoms with Gasteiger partial charge in [0.1, 0.15) is 14.0 Å². The van der Waals surface area contributed by atoms with Crippen LogP contribution in [0.25, 0.3) is 0 Å². The maximum atomic E-state index is 12.0. The Bertz CT molecular complexity index is 1150. The van der Waals surface area contributed by atoms with E-state index in [2.05, 4.69) is 160 Å². The van der Waals surface area contributed by atoms with Gasteiger partial charge in [0.05, 0.1) is 0 Å². The molecule has 0 saturated heterocycles. The monoisotopic (exact) mass is 863 g/mol. The topological polar surface area (TPSA) is 23.1 Å². The molecular formula is C39H77OPRhSi6. The van der Waals surface area contributed by atoms with E-state index in [4.69, 9.17) is 0 Å².